The second kappa shape index (κ2) is 6.80. The lowest BCUT2D eigenvalue weighted by molar-refractivity contribution is 0.267. The van der Waals surface area contributed by atoms with Gasteiger partial charge >= 0.3 is 0 Å². The Hall–Kier alpha value is -0.220. The minimum Gasteiger partial charge on any atom is -0.490 e. The Morgan fingerprint density at radius 1 is 1.28 bits per heavy atom. The van der Waals surface area contributed by atoms with Crippen LogP contribution in [0.15, 0.2) is 16.6 Å². The highest BCUT2D eigenvalue weighted by Crippen LogP contribution is 2.38. The van der Waals surface area contributed by atoms with Gasteiger partial charge in [0.2, 0.25) is 0 Å². The topological polar surface area (TPSA) is 18.5 Å². The molecule has 2 rings (SSSR count). The number of hydrogen-bond donors (Lipinski definition) is 0. The molecule has 0 radical (unpaired) electrons. The van der Waals surface area contributed by atoms with Gasteiger partial charge in [-0.25, -0.2) is 0 Å². The Labute approximate surface area is 125 Å². The highest BCUT2D eigenvalue weighted by Gasteiger charge is 2.21. The van der Waals surface area contributed by atoms with Crippen molar-refractivity contribution in [1.29, 1.82) is 0 Å². The van der Waals surface area contributed by atoms with E-state index in [1.54, 1.807) is 0 Å². The van der Waals surface area contributed by atoms with Crippen molar-refractivity contribution in [3.05, 3.63) is 22.2 Å². The molecule has 0 heterocycles. The normalized spacial score (nSPS) is 14.6. The maximum absolute atomic E-state index is 5.88. The summed E-state index contributed by atoms with van der Waals surface area (Å²) in [6.45, 7) is 3.41. The molecule has 1 saturated carbocycles. The Balaban J connectivity index is 2.08. The van der Waals surface area contributed by atoms with E-state index in [0.717, 1.165) is 40.2 Å². The maximum Gasteiger partial charge on any atom is 0.175 e. The molecule has 1 aromatic carbocycles. The van der Waals surface area contributed by atoms with Gasteiger partial charge in [-0.15, -0.1) is 0 Å². The lowest BCUT2D eigenvalue weighted by Gasteiger charge is -2.14. The summed E-state index contributed by atoms with van der Waals surface area (Å²) in [5.41, 5.74) is 1.18. The minimum atomic E-state index is 0.650. The largest absolute Gasteiger partial charge is 0.490 e. The summed E-state index contributed by atoms with van der Waals surface area (Å²) >= 11 is 7.03. The summed E-state index contributed by atoms with van der Waals surface area (Å²) in [5, 5.41) is 0.814. The minimum absolute atomic E-state index is 0.650. The van der Waals surface area contributed by atoms with Gasteiger partial charge in [-0.1, -0.05) is 28.8 Å². The standard InChI is InChI=1S/C14H18Br2O2/c1-2-17-13-8-11(9-15)7-12(16)14(13)18-6-5-10-3-4-10/h7-8,10H,2-6,9H2,1H3. The van der Waals surface area contributed by atoms with Crippen LogP contribution in [0.2, 0.25) is 0 Å². The van der Waals surface area contributed by atoms with Crippen LogP contribution in [0.5, 0.6) is 11.5 Å². The molecule has 0 spiro atoms. The van der Waals surface area contributed by atoms with E-state index in [2.05, 4.69) is 37.9 Å². The molecule has 0 unspecified atom stereocenters. The van der Waals surface area contributed by atoms with Crippen molar-refractivity contribution in [3.8, 4) is 11.5 Å². The fraction of sp³-hybridized carbons (Fsp3) is 0.571. The zero-order chi connectivity index (χ0) is 13.0. The zero-order valence-corrected chi connectivity index (χ0v) is 13.7. The van der Waals surface area contributed by atoms with Gasteiger partial charge in [-0.2, -0.15) is 0 Å². The predicted molar refractivity (Wildman–Crippen MR) is 80.8 cm³/mol. The molecule has 0 bridgehead atoms. The van der Waals surface area contributed by atoms with Crippen LogP contribution >= 0.6 is 31.9 Å². The smallest absolute Gasteiger partial charge is 0.175 e. The quantitative estimate of drug-likeness (QED) is 0.627. The number of alkyl halides is 1. The van der Waals surface area contributed by atoms with Crippen molar-refractivity contribution in [1.82, 2.24) is 0 Å². The first-order chi connectivity index (χ1) is 8.74. The van der Waals surface area contributed by atoms with Crippen LogP contribution in [0.25, 0.3) is 0 Å². The molecule has 0 atom stereocenters. The number of benzene rings is 1. The van der Waals surface area contributed by atoms with Gasteiger partial charge in [-0.05, 0) is 52.9 Å². The second-order valence-electron chi connectivity index (χ2n) is 4.55. The van der Waals surface area contributed by atoms with E-state index in [-0.39, 0.29) is 0 Å². The number of rotatable bonds is 7. The molecular formula is C14H18Br2O2. The molecular weight excluding hydrogens is 360 g/mol. The van der Waals surface area contributed by atoms with E-state index in [9.17, 15) is 0 Å². The fourth-order valence-corrected chi connectivity index (χ4v) is 2.76. The van der Waals surface area contributed by atoms with Crippen molar-refractivity contribution in [2.24, 2.45) is 5.92 Å². The highest BCUT2D eigenvalue weighted by molar-refractivity contribution is 9.10. The first-order valence-electron chi connectivity index (χ1n) is 6.38. The summed E-state index contributed by atoms with van der Waals surface area (Å²) in [4.78, 5) is 0. The van der Waals surface area contributed by atoms with Crippen LogP contribution in [0, 0.1) is 5.92 Å². The number of ether oxygens (including phenoxy) is 2. The molecule has 0 aromatic heterocycles. The molecule has 0 N–H and O–H groups in total. The van der Waals surface area contributed by atoms with Gasteiger partial charge in [-0.3, -0.25) is 0 Å². The zero-order valence-electron chi connectivity index (χ0n) is 10.5. The maximum atomic E-state index is 5.88. The Bertz CT molecular complexity index is 403. The molecule has 0 amide bonds. The summed E-state index contributed by atoms with van der Waals surface area (Å²) in [7, 11) is 0. The second-order valence-corrected chi connectivity index (χ2v) is 5.97. The van der Waals surface area contributed by atoms with Crippen molar-refractivity contribution in [2.75, 3.05) is 13.2 Å². The Kier molecular flexibility index (Phi) is 5.37. The van der Waals surface area contributed by atoms with Gasteiger partial charge in [0.25, 0.3) is 0 Å². The average molecular weight is 378 g/mol. The molecule has 18 heavy (non-hydrogen) atoms. The summed E-state index contributed by atoms with van der Waals surface area (Å²) in [5.74, 6) is 2.56. The van der Waals surface area contributed by atoms with Crippen molar-refractivity contribution in [2.45, 2.75) is 31.5 Å². The lowest BCUT2D eigenvalue weighted by Crippen LogP contribution is -2.03. The Morgan fingerprint density at radius 2 is 2.06 bits per heavy atom. The fourth-order valence-electron chi connectivity index (χ4n) is 1.84. The predicted octanol–water partition coefficient (Wildman–Crippen LogP) is 4.92. The summed E-state index contributed by atoms with van der Waals surface area (Å²) in [6.07, 6.45) is 3.88. The SMILES string of the molecule is CCOc1cc(CBr)cc(Br)c1OCCC1CC1. The monoisotopic (exact) mass is 376 g/mol. The van der Waals surface area contributed by atoms with E-state index in [0.29, 0.717) is 6.61 Å². The van der Waals surface area contributed by atoms with Crippen LogP contribution in [0.1, 0.15) is 31.7 Å². The average Bonchev–Trinajstić information content (AvgIpc) is 3.16. The van der Waals surface area contributed by atoms with Crippen molar-refractivity contribution in [3.63, 3.8) is 0 Å². The van der Waals surface area contributed by atoms with Crippen LogP contribution in [-0.2, 0) is 5.33 Å². The van der Waals surface area contributed by atoms with E-state index >= 15 is 0 Å². The number of hydrogen-bond acceptors (Lipinski definition) is 2. The van der Waals surface area contributed by atoms with Gasteiger partial charge in [0.15, 0.2) is 11.5 Å². The van der Waals surface area contributed by atoms with Gasteiger partial charge in [0.05, 0.1) is 17.7 Å². The third-order valence-electron chi connectivity index (χ3n) is 2.99. The summed E-state index contributed by atoms with van der Waals surface area (Å²) in [6, 6.07) is 4.11. The van der Waals surface area contributed by atoms with E-state index < -0.39 is 0 Å². The highest BCUT2D eigenvalue weighted by atomic mass is 79.9. The lowest BCUT2D eigenvalue weighted by atomic mass is 10.2. The third kappa shape index (κ3) is 3.89. The van der Waals surface area contributed by atoms with E-state index in [1.165, 1.54) is 18.4 Å². The molecule has 0 aliphatic heterocycles. The first kappa shape index (κ1) is 14.2. The van der Waals surface area contributed by atoms with Gasteiger partial charge < -0.3 is 9.47 Å². The Morgan fingerprint density at radius 3 is 2.67 bits per heavy atom. The molecule has 1 aliphatic carbocycles. The molecule has 100 valence electrons. The van der Waals surface area contributed by atoms with Gasteiger partial charge in [0.1, 0.15) is 0 Å². The molecule has 2 nitrogen and oxygen atoms in total. The van der Waals surface area contributed by atoms with Gasteiger partial charge in [0, 0.05) is 5.33 Å². The van der Waals surface area contributed by atoms with E-state index in [4.69, 9.17) is 9.47 Å². The number of halogens is 2. The van der Waals surface area contributed by atoms with Crippen LogP contribution in [0.4, 0.5) is 0 Å². The van der Waals surface area contributed by atoms with Crippen LogP contribution in [0.3, 0.4) is 0 Å². The molecule has 1 aromatic rings. The van der Waals surface area contributed by atoms with Crippen LogP contribution < -0.4 is 9.47 Å². The van der Waals surface area contributed by atoms with E-state index in [1.807, 2.05) is 13.0 Å². The van der Waals surface area contributed by atoms with Crippen molar-refractivity contribution < 1.29 is 9.47 Å². The molecule has 1 aliphatic rings. The summed E-state index contributed by atoms with van der Waals surface area (Å²) < 4.78 is 12.5. The molecule has 0 saturated heterocycles. The molecule has 1 fully saturated rings. The third-order valence-corrected chi connectivity index (χ3v) is 4.23. The first-order valence-corrected chi connectivity index (χ1v) is 8.30. The van der Waals surface area contributed by atoms with Crippen molar-refractivity contribution >= 4 is 31.9 Å². The van der Waals surface area contributed by atoms with Crippen LogP contribution in [-0.4, -0.2) is 13.2 Å². The molecule has 4 heteroatoms.